The van der Waals surface area contributed by atoms with Crippen molar-refractivity contribution in [1.82, 2.24) is 10.2 Å². The van der Waals surface area contributed by atoms with Gasteiger partial charge in [-0.25, -0.2) is 14.4 Å². The predicted molar refractivity (Wildman–Crippen MR) is 240 cm³/mol. The second kappa shape index (κ2) is 18.8. The molecule has 18 heteroatoms. The van der Waals surface area contributed by atoms with Crippen molar-refractivity contribution < 1.29 is 76.9 Å². The highest BCUT2D eigenvalue weighted by atomic mass is 16.7. The van der Waals surface area contributed by atoms with Crippen molar-refractivity contribution in [2.45, 2.75) is 145 Å². The minimum Gasteiger partial charge on any atom is -0.460 e. The van der Waals surface area contributed by atoms with Gasteiger partial charge in [-0.1, -0.05) is 74.9 Å². The van der Waals surface area contributed by atoms with Gasteiger partial charge in [-0.05, 0) is 56.9 Å². The molecule has 0 aromatic heterocycles. The number of aliphatic hydroxyl groups excluding tert-OH is 1. The molecule has 3 heterocycles. The number of esters is 4. The summed E-state index contributed by atoms with van der Waals surface area (Å²) < 4.78 is 42.6. The number of aliphatic hydroxyl groups is 2. The second-order valence-corrected chi connectivity index (χ2v) is 20.3. The van der Waals surface area contributed by atoms with Crippen LogP contribution in [0.1, 0.15) is 108 Å². The third-order valence-electron chi connectivity index (χ3n) is 14.3. The lowest BCUT2D eigenvalue weighted by atomic mass is 9.50. The molecule has 10 unspecified atom stereocenters. The number of hydrogen-bond acceptors (Lipinski definition) is 16. The van der Waals surface area contributed by atoms with E-state index in [1.165, 1.54) is 25.1 Å². The van der Waals surface area contributed by atoms with E-state index in [1.807, 2.05) is 0 Å². The smallest absolute Gasteiger partial charge is 0.408 e. The number of fused-ring (bicyclic) bond motifs is 4. The van der Waals surface area contributed by atoms with Gasteiger partial charge in [-0.3, -0.25) is 19.2 Å². The van der Waals surface area contributed by atoms with E-state index in [9.17, 15) is 39.0 Å². The summed E-state index contributed by atoms with van der Waals surface area (Å²) in [6.07, 6.45) is -4.04. The molecule has 10 atom stereocenters. The highest BCUT2D eigenvalue weighted by molar-refractivity contribution is 6.06. The normalized spacial score (nSPS) is 31.5. The predicted octanol–water partition coefficient (Wildman–Crippen LogP) is 4.50. The summed E-state index contributed by atoms with van der Waals surface area (Å²) >= 11 is 0. The van der Waals surface area contributed by atoms with Crippen LogP contribution in [0.2, 0.25) is 0 Å². The fourth-order valence-electron chi connectivity index (χ4n) is 10.8. The number of nitrogens with one attached hydrogen (secondary N) is 1. The molecule has 3 aliphatic heterocycles. The van der Waals surface area contributed by atoms with Gasteiger partial charge in [0.2, 0.25) is 11.7 Å². The number of ketones is 1. The van der Waals surface area contributed by atoms with Crippen molar-refractivity contribution in [2.75, 3.05) is 19.7 Å². The number of Topliss-reactive ketones (excluding diaryl/α,β-unsaturated/α-hetero) is 1. The summed E-state index contributed by atoms with van der Waals surface area (Å²) in [5.74, 6) is -6.53. The summed E-state index contributed by atoms with van der Waals surface area (Å²) in [7, 11) is 0. The van der Waals surface area contributed by atoms with Gasteiger partial charge in [0, 0.05) is 57.2 Å². The van der Waals surface area contributed by atoms with Crippen molar-refractivity contribution in [2.24, 2.45) is 11.3 Å². The molecule has 370 valence electrons. The number of ether oxygens (including phenoxy) is 7. The average molecular weight is 957 g/mol. The maximum Gasteiger partial charge on any atom is 0.408 e. The zero-order valence-corrected chi connectivity index (χ0v) is 39.6. The number of rotatable bonds is 15. The number of benzene rings is 2. The molecule has 18 nitrogen and oxygen atoms in total. The van der Waals surface area contributed by atoms with Gasteiger partial charge < -0.3 is 53.6 Å². The zero-order chi connectivity index (χ0) is 49.7. The first kappa shape index (κ1) is 49.5. The molecule has 2 amide bonds. The van der Waals surface area contributed by atoms with Crippen LogP contribution in [0.3, 0.4) is 0 Å². The van der Waals surface area contributed by atoms with E-state index in [0.717, 1.165) is 0 Å². The quantitative estimate of drug-likeness (QED) is 0.0963. The molecular weight excluding hydrogens is 897 g/mol. The molecule has 8 rings (SSSR count). The first-order chi connectivity index (χ1) is 32.6. The minimum absolute atomic E-state index is 0.0322. The van der Waals surface area contributed by atoms with Gasteiger partial charge in [-0.15, -0.1) is 0 Å². The molecule has 0 radical (unpaired) electrons. The van der Waals surface area contributed by atoms with Crippen molar-refractivity contribution in [1.29, 1.82) is 0 Å². The van der Waals surface area contributed by atoms with Crippen LogP contribution in [0.25, 0.3) is 0 Å². The van der Waals surface area contributed by atoms with Crippen molar-refractivity contribution in [3.63, 3.8) is 0 Å². The Morgan fingerprint density at radius 2 is 1.64 bits per heavy atom. The molecule has 4 fully saturated rings. The fraction of sp³-hybridized carbons (Fsp3) is 0.549. The van der Waals surface area contributed by atoms with Crippen LogP contribution in [-0.4, -0.2) is 129 Å². The highest BCUT2D eigenvalue weighted by Crippen LogP contribution is 2.67. The number of nitrogens with zero attached hydrogens (tertiary/aromatic N) is 1. The molecule has 3 aliphatic carbocycles. The van der Waals surface area contributed by atoms with Crippen molar-refractivity contribution in [3.05, 3.63) is 95.3 Å². The molecule has 2 aromatic rings. The van der Waals surface area contributed by atoms with E-state index in [-0.39, 0.29) is 42.9 Å². The van der Waals surface area contributed by atoms with Gasteiger partial charge in [0.15, 0.2) is 23.1 Å². The highest BCUT2D eigenvalue weighted by Gasteiger charge is 2.85. The Hall–Kier alpha value is -5.95. The van der Waals surface area contributed by atoms with Gasteiger partial charge in [0.1, 0.15) is 29.5 Å². The molecule has 6 aliphatic rings. The van der Waals surface area contributed by atoms with Crippen LogP contribution in [0, 0.1) is 11.3 Å². The van der Waals surface area contributed by atoms with E-state index in [0.29, 0.717) is 37.9 Å². The number of amides is 2. The molecule has 2 saturated heterocycles. The van der Waals surface area contributed by atoms with Gasteiger partial charge in [-0.2, -0.15) is 0 Å². The fourth-order valence-corrected chi connectivity index (χ4v) is 10.8. The first-order valence-corrected chi connectivity index (χ1v) is 23.5. The molecule has 69 heavy (non-hydrogen) atoms. The van der Waals surface area contributed by atoms with E-state index in [4.69, 9.17) is 33.2 Å². The maximum atomic E-state index is 15.7. The summed E-state index contributed by atoms with van der Waals surface area (Å²) in [6, 6.07) is 14.7. The zero-order valence-electron chi connectivity index (χ0n) is 39.6. The topological polar surface area (TPSA) is 243 Å². The SMILES string of the molecule is CC(=O)OC12COC1CC1OC13C(=O)/C(OC(=O)CCCCCN1CC=CC1=O)=C1/CC(OC(=O)C(O)C(NC(=O)OC(C)(C)C)c4ccccc4)CC(O)(C(OC(=O)c4ccccc4)C23)C1(C)C. The van der Waals surface area contributed by atoms with Crippen LogP contribution < -0.4 is 5.32 Å². The molecule has 2 bridgehead atoms. The maximum absolute atomic E-state index is 15.7. The average Bonchev–Trinajstić information content (AvgIpc) is 3.88. The number of carbonyl (C=O) groups excluding carboxylic acids is 7. The van der Waals surface area contributed by atoms with Crippen LogP contribution in [-0.2, 0) is 57.1 Å². The van der Waals surface area contributed by atoms with Crippen LogP contribution in [0.15, 0.2) is 84.1 Å². The lowest BCUT2D eigenvalue weighted by Crippen LogP contribution is -2.79. The molecule has 1 spiro atoms. The molecule has 3 N–H and O–H groups in total. The van der Waals surface area contributed by atoms with Gasteiger partial charge in [0.25, 0.3) is 0 Å². The Bertz CT molecular complexity index is 2430. The number of epoxide rings is 1. The Kier molecular flexibility index (Phi) is 13.4. The standard InChI is InChI=1S/C51H60N2O16/c1-29(54)67-49-28-63-34(49)26-35-51(68-35)41(49)43(66-44(59)31-19-12-8-13-20-31)50(62)27-32(64-45(60)39(57)38(30-17-10-7-11-18-30)52-46(61)69-47(2,3)4)25-33(48(50,5)6)40(42(51)58)65-37(56)22-14-9-15-23-53-24-16-21-36(53)55/h7-8,10-13,16-21,32,34-35,38-39,41,43,57,62H,9,14-15,22-28H2,1-6H3,(H,52,61)/b40-33+. The monoisotopic (exact) mass is 956 g/mol. The van der Waals surface area contributed by atoms with E-state index in [2.05, 4.69) is 5.32 Å². The Balaban J connectivity index is 1.19. The molecule has 2 aromatic carbocycles. The second-order valence-electron chi connectivity index (χ2n) is 20.3. The molecule has 2 saturated carbocycles. The summed E-state index contributed by atoms with van der Waals surface area (Å²) in [5.41, 5.74) is -8.16. The lowest BCUT2D eigenvalue weighted by Gasteiger charge is -2.62. The van der Waals surface area contributed by atoms with E-state index in [1.54, 1.807) is 94.1 Å². The third kappa shape index (κ3) is 9.31. The van der Waals surface area contributed by atoms with E-state index < -0.39 is 118 Å². The first-order valence-electron chi connectivity index (χ1n) is 23.5. The van der Waals surface area contributed by atoms with Gasteiger partial charge >= 0.3 is 30.0 Å². The number of alkyl carbamates (subject to hydrolysis) is 1. The lowest BCUT2D eigenvalue weighted by molar-refractivity contribution is -0.314. The van der Waals surface area contributed by atoms with Crippen molar-refractivity contribution in [3.8, 4) is 0 Å². The summed E-state index contributed by atoms with van der Waals surface area (Å²) in [6.45, 7) is 10.0. The Labute approximate surface area is 399 Å². The Morgan fingerprint density at radius 1 is 0.942 bits per heavy atom. The van der Waals surface area contributed by atoms with Crippen LogP contribution in [0.5, 0.6) is 0 Å². The van der Waals surface area contributed by atoms with Crippen LogP contribution >= 0.6 is 0 Å². The summed E-state index contributed by atoms with van der Waals surface area (Å²) in [4.78, 5) is 98.2. The van der Waals surface area contributed by atoms with Crippen LogP contribution in [0.4, 0.5) is 4.79 Å². The summed E-state index contributed by atoms with van der Waals surface area (Å²) in [5, 5.41) is 28.1. The number of carbonyl (C=O) groups is 7. The number of hydrogen-bond donors (Lipinski definition) is 3. The van der Waals surface area contributed by atoms with Crippen molar-refractivity contribution >= 4 is 41.7 Å². The number of unbranched alkanes of at least 4 members (excludes halogenated alkanes) is 2. The molecular formula is C51H60N2O16. The largest absolute Gasteiger partial charge is 0.460 e. The minimum atomic E-state index is -2.35. The van der Waals surface area contributed by atoms with E-state index >= 15 is 4.79 Å². The van der Waals surface area contributed by atoms with Gasteiger partial charge in [0.05, 0.1) is 30.2 Å². The Morgan fingerprint density at radius 3 is 2.26 bits per heavy atom. The third-order valence-corrected chi connectivity index (χ3v) is 14.3.